The molecule has 1 amide bonds. The molecule has 0 aliphatic heterocycles. The van der Waals surface area contributed by atoms with E-state index in [-0.39, 0.29) is 11.1 Å². The first kappa shape index (κ1) is 13.1. The molecule has 1 aromatic rings. The summed E-state index contributed by atoms with van der Waals surface area (Å²) in [6, 6.07) is 3.27. The number of amides is 1. The summed E-state index contributed by atoms with van der Waals surface area (Å²) in [7, 11) is -0.819. The van der Waals surface area contributed by atoms with Gasteiger partial charge in [-0.1, -0.05) is 11.6 Å². The van der Waals surface area contributed by atoms with Gasteiger partial charge in [-0.05, 0) is 18.6 Å². The first-order chi connectivity index (χ1) is 7.61. The zero-order valence-corrected chi connectivity index (χ0v) is 10.5. The van der Waals surface area contributed by atoms with E-state index < -0.39 is 10.8 Å². The van der Waals surface area contributed by atoms with Gasteiger partial charge in [0.05, 0.1) is 5.56 Å². The topological polar surface area (TPSA) is 59.1 Å². The lowest BCUT2D eigenvalue weighted by molar-refractivity contribution is 0.0953. The highest BCUT2D eigenvalue weighted by molar-refractivity contribution is 7.84. The second kappa shape index (κ2) is 6.60. The van der Waals surface area contributed by atoms with Crippen molar-refractivity contribution < 1.29 is 9.00 Å². The van der Waals surface area contributed by atoms with Crippen molar-refractivity contribution in [1.29, 1.82) is 0 Å². The van der Waals surface area contributed by atoms with Crippen molar-refractivity contribution in [3.05, 3.63) is 29.0 Å². The van der Waals surface area contributed by atoms with Crippen LogP contribution in [0.3, 0.4) is 0 Å². The smallest absolute Gasteiger partial charge is 0.254 e. The Bertz CT molecular complexity index is 398. The van der Waals surface area contributed by atoms with E-state index in [2.05, 4.69) is 10.3 Å². The Morgan fingerprint density at radius 3 is 3.00 bits per heavy atom. The van der Waals surface area contributed by atoms with Gasteiger partial charge in [-0.15, -0.1) is 0 Å². The summed E-state index contributed by atoms with van der Waals surface area (Å²) in [5.74, 6) is 0.334. The van der Waals surface area contributed by atoms with Gasteiger partial charge in [0.2, 0.25) is 0 Å². The number of carbonyl (C=O) groups is 1. The van der Waals surface area contributed by atoms with Crippen molar-refractivity contribution in [3.8, 4) is 0 Å². The molecule has 0 saturated heterocycles. The highest BCUT2D eigenvalue weighted by Crippen LogP contribution is 2.10. The van der Waals surface area contributed by atoms with Gasteiger partial charge in [0.1, 0.15) is 5.15 Å². The van der Waals surface area contributed by atoms with Crippen molar-refractivity contribution in [2.45, 2.75) is 6.42 Å². The average molecular weight is 261 g/mol. The van der Waals surface area contributed by atoms with Crippen LogP contribution in [0.2, 0.25) is 5.15 Å². The first-order valence-electron chi connectivity index (χ1n) is 4.80. The van der Waals surface area contributed by atoms with Gasteiger partial charge in [-0.2, -0.15) is 0 Å². The molecular weight excluding hydrogens is 248 g/mol. The van der Waals surface area contributed by atoms with Crippen LogP contribution in [-0.4, -0.2) is 33.7 Å². The van der Waals surface area contributed by atoms with Crippen LogP contribution in [0.5, 0.6) is 0 Å². The molecule has 1 N–H and O–H groups in total. The molecule has 6 heteroatoms. The zero-order valence-electron chi connectivity index (χ0n) is 8.90. The maximum absolute atomic E-state index is 11.6. The van der Waals surface area contributed by atoms with E-state index >= 15 is 0 Å². The van der Waals surface area contributed by atoms with Crippen molar-refractivity contribution >= 4 is 28.3 Å². The van der Waals surface area contributed by atoms with E-state index in [0.717, 1.165) is 0 Å². The quantitative estimate of drug-likeness (QED) is 0.640. The minimum absolute atomic E-state index is 0.194. The molecule has 0 saturated carbocycles. The summed E-state index contributed by atoms with van der Waals surface area (Å²) in [6.45, 7) is 0.490. The van der Waals surface area contributed by atoms with Crippen LogP contribution < -0.4 is 5.32 Å². The molecule has 0 radical (unpaired) electrons. The molecule has 1 rings (SSSR count). The number of rotatable bonds is 5. The molecule has 1 unspecified atom stereocenters. The summed E-state index contributed by atoms with van der Waals surface area (Å²) < 4.78 is 10.8. The third kappa shape index (κ3) is 4.28. The average Bonchev–Trinajstić information content (AvgIpc) is 2.24. The van der Waals surface area contributed by atoms with Gasteiger partial charge in [-0.25, -0.2) is 4.98 Å². The molecule has 1 aromatic heterocycles. The summed E-state index contributed by atoms with van der Waals surface area (Å²) >= 11 is 5.76. The van der Waals surface area contributed by atoms with E-state index in [4.69, 9.17) is 11.6 Å². The lowest BCUT2D eigenvalue weighted by Crippen LogP contribution is -2.25. The molecular formula is C10H13ClN2O2S. The lowest BCUT2D eigenvalue weighted by atomic mass is 10.2. The van der Waals surface area contributed by atoms with Crippen LogP contribution in [0.4, 0.5) is 0 Å². The van der Waals surface area contributed by atoms with Crippen molar-refractivity contribution in [1.82, 2.24) is 10.3 Å². The molecule has 4 nitrogen and oxygen atoms in total. The van der Waals surface area contributed by atoms with Gasteiger partial charge >= 0.3 is 0 Å². The molecule has 0 fully saturated rings. The molecule has 0 aliphatic rings. The van der Waals surface area contributed by atoms with Gasteiger partial charge in [0, 0.05) is 35.5 Å². The molecule has 0 spiro atoms. The van der Waals surface area contributed by atoms with Crippen molar-refractivity contribution in [2.24, 2.45) is 0 Å². The highest BCUT2D eigenvalue weighted by Gasteiger charge is 2.09. The minimum Gasteiger partial charge on any atom is -0.352 e. The standard InChI is InChI=1S/C10H13ClN2O2S/c1-16(15)7-3-6-13-10(14)8-4-2-5-12-9(8)11/h2,4-5H,3,6-7H2,1H3,(H,13,14). The normalized spacial score (nSPS) is 12.1. The molecule has 88 valence electrons. The number of hydrogen-bond acceptors (Lipinski definition) is 3. The Balaban J connectivity index is 2.41. The Hall–Kier alpha value is -0.940. The maximum Gasteiger partial charge on any atom is 0.254 e. The Morgan fingerprint density at radius 1 is 1.62 bits per heavy atom. The zero-order chi connectivity index (χ0) is 12.0. The van der Waals surface area contributed by atoms with Crippen LogP contribution in [0.1, 0.15) is 16.8 Å². The molecule has 0 bridgehead atoms. The third-order valence-corrected chi connectivity index (χ3v) is 3.06. The van der Waals surface area contributed by atoms with Crippen LogP contribution in [0, 0.1) is 0 Å². The lowest BCUT2D eigenvalue weighted by Gasteiger charge is -2.05. The molecule has 1 atom stereocenters. The van der Waals surface area contributed by atoms with Gasteiger partial charge < -0.3 is 5.32 Å². The predicted octanol–water partition coefficient (Wildman–Crippen LogP) is 1.23. The number of carbonyl (C=O) groups excluding carboxylic acids is 1. The third-order valence-electron chi connectivity index (χ3n) is 1.90. The van der Waals surface area contributed by atoms with E-state index in [0.29, 0.717) is 24.3 Å². The van der Waals surface area contributed by atoms with E-state index in [1.807, 2.05) is 0 Å². The molecule has 16 heavy (non-hydrogen) atoms. The van der Waals surface area contributed by atoms with E-state index in [1.165, 1.54) is 6.20 Å². The van der Waals surface area contributed by atoms with Crippen LogP contribution in [0.15, 0.2) is 18.3 Å². The molecule has 0 aromatic carbocycles. The fourth-order valence-corrected chi connectivity index (χ4v) is 1.88. The number of nitrogens with zero attached hydrogens (tertiary/aromatic N) is 1. The van der Waals surface area contributed by atoms with Crippen molar-refractivity contribution in [2.75, 3.05) is 18.6 Å². The number of hydrogen-bond donors (Lipinski definition) is 1. The first-order valence-corrected chi connectivity index (χ1v) is 6.90. The van der Waals surface area contributed by atoms with Gasteiger partial charge in [0.25, 0.3) is 5.91 Å². The summed E-state index contributed by atoms with van der Waals surface area (Å²) in [5, 5.41) is 2.89. The van der Waals surface area contributed by atoms with Gasteiger partial charge in [0.15, 0.2) is 0 Å². The van der Waals surface area contributed by atoms with E-state index in [9.17, 15) is 9.00 Å². The Morgan fingerprint density at radius 2 is 2.38 bits per heavy atom. The minimum atomic E-state index is -0.819. The highest BCUT2D eigenvalue weighted by atomic mass is 35.5. The van der Waals surface area contributed by atoms with Crippen molar-refractivity contribution in [3.63, 3.8) is 0 Å². The Labute approximate surface area is 102 Å². The van der Waals surface area contributed by atoms with Gasteiger partial charge in [-0.3, -0.25) is 9.00 Å². The SMILES string of the molecule is CS(=O)CCCNC(=O)c1cccnc1Cl. The molecule has 1 heterocycles. The summed E-state index contributed by atoms with van der Waals surface area (Å²) in [5.41, 5.74) is 0.363. The fraction of sp³-hybridized carbons (Fsp3) is 0.400. The number of halogens is 1. The maximum atomic E-state index is 11.6. The predicted molar refractivity (Wildman–Crippen MR) is 65.1 cm³/mol. The number of nitrogens with one attached hydrogen (secondary N) is 1. The van der Waals surface area contributed by atoms with Crippen LogP contribution in [-0.2, 0) is 10.8 Å². The summed E-state index contributed by atoms with van der Waals surface area (Å²) in [6.07, 6.45) is 3.85. The Kier molecular flexibility index (Phi) is 5.42. The summed E-state index contributed by atoms with van der Waals surface area (Å²) in [4.78, 5) is 15.4. The number of pyridine rings is 1. The molecule has 0 aliphatic carbocycles. The second-order valence-electron chi connectivity index (χ2n) is 3.23. The van der Waals surface area contributed by atoms with Crippen LogP contribution in [0.25, 0.3) is 0 Å². The number of aromatic nitrogens is 1. The van der Waals surface area contributed by atoms with Crippen LogP contribution >= 0.6 is 11.6 Å². The fourth-order valence-electron chi connectivity index (χ4n) is 1.13. The monoisotopic (exact) mass is 260 g/mol. The largest absolute Gasteiger partial charge is 0.352 e. The van der Waals surface area contributed by atoms with E-state index in [1.54, 1.807) is 18.4 Å². The second-order valence-corrected chi connectivity index (χ2v) is 5.14.